The second-order valence-corrected chi connectivity index (χ2v) is 7.02. The second-order valence-electron chi connectivity index (χ2n) is 4.59. The first-order valence-electron chi connectivity index (χ1n) is 6.54. The second kappa shape index (κ2) is 8.21. The smallest absolute Gasteiger partial charge is 0.487 e. The first kappa shape index (κ1) is 18.4. The Kier molecular flexibility index (Phi) is 6.55. The third kappa shape index (κ3) is 4.74. The van der Waals surface area contributed by atoms with E-state index in [0.717, 1.165) is 19.2 Å². The lowest BCUT2D eigenvalue weighted by atomic mass is 10.2. The van der Waals surface area contributed by atoms with Crippen LogP contribution in [0.15, 0.2) is 34.8 Å². The number of hydrogen-bond acceptors (Lipinski definition) is 4. The Labute approximate surface area is 161 Å². The molecule has 0 bridgehead atoms. The first-order valence-corrected chi connectivity index (χ1v) is 8.79. The van der Waals surface area contributed by atoms with Crippen molar-refractivity contribution < 1.29 is 19.0 Å². The zero-order valence-corrected chi connectivity index (χ0v) is 16.9. The predicted octanol–water partition coefficient (Wildman–Crippen LogP) is 5.74. The highest BCUT2D eigenvalue weighted by atomic mass is 127. The van der Waals surface area contributed by atoms with E-state index < -0.39 is 6.16 Å². The van der Waals surface area contributed by atoms with Crippen molar-refractivity contribution in [2.24, 2.45) is 0 Å². The van der Waals surface area contributed by atoms with Gasteiger partial charge in [0.2, 0.25) is 0 Å². The zero-order valence-electron chi connectivity index (χ0n) is 12.4. The molecule has 2 rings (SSSR count). The van der Waals surface area contributed by atoms with E-state index in [4.69, 9.17) is 21.1 Å². The van der Waals surface area contributed by atoms with Crippen LogP contribution in [0.1, 0.15) is 11.1 Å². The van der Waals surface area contributed by atoms with E-state index in [1.165, 1.54) is 7.11 Å². The summed E-state index contributed by atoms with van der Waals surface area (Å²) < 4.78 is 17.2. The van der Waals surface area contributed by atoms with Gasteiger partial charge < -0.3 is 14.2 Å². The van der Waals surface area contributed by atoms with E-state index in [0.29, 0.717) is 16.5 Å². The summed E-state index contributed by atoms with van der Waals surface area (Å²) in [6.07, 6.45) is -0.771. The van der Waals surface area contributed by atoms with Crippen LogP contribution in [-0.2, 0) is 11.3 Å². The van der Waals surface area contributed by atoms with Gasteiger partial charge in [0.15, 0.2) is 0 Å². The Balaban J connectivity index is 2.23. The van der Waals surface area contributed by atoms with E-state index in [9.17, 15) is 4.79 Å². The fraction of sp³-hybridized carbons (Fsp3) is 0.188. The predicted molar refractivity (Wildman–Crippen MR) is 100 cm³/mol. The molecule has 0 fully saturated rings. The summed E-state index contributed by atoms with van der Waals surface area (Å²) in [7, 11) is 1.26. The van der Waals surface area contributed by atoms with Gasteiger partial charge in [-0.2, -0.15) is 0 Å². The molecule has 0 N–H and O–H groups in total. The van der Waals surface area contributed by atoms with Crippen LogP contribution in [-0.4, -0.2) is 13.3 Å². The van der Waals surface area contributed by atoms with Gasteiger partial charge in [-0.3, -0.25) is 0 Å². The van der Waals surface area contributed by atoms with E-state index in [-0.39, 0.29) is 6.61 Å². The highest BCUT2D eigenvalue weighted by molar-refractivity contribution is 14.1. The Hall–Kier alpha value is -0.990. The Morgan fingerprint density at radius 1 is 1.30 bits per heavy atom. The maximum absolute atomic E-state index is 11.3. The van der Waals surface area contributed by atoms with E-state index in [2.05, 4.69) is 43.3 Å². The van der Waals surface area contributed by atoms with Crippen LogP contribution >= 0.6 is 50.1 Å². The van der Waals surface area contributed by atoms with E-state index in [1.54, 1.807) is 18.2 Å². The van der Waals surface area contributed by atoms with E-state index >= 15 is 0 Å². The number of benzene rings is 2. The minimum Gasteiger partial charge on any atom is -0.487 e. The molecule has 0 aliphatic carbocycles. The van der Waals surface area contributed by atoms with Gasteiger partial charge in [0.05, 0.1) is 11.6 Å². The first-order chi connectivity index (χ1) is 10.9. The molecule has 0 saturated heterocycles. The normalized spacial score (nSPS) is 10.3. The number of hydrogen-bond donors (Lipinski definition) is 0. The molecule has 2 aromatic rings. The Bertz CT molecular complexity index is 736. The van der Waals surface area contributed by atoms with Gasteiger partial charge in [-0.1, -0.05) is 17.7 Å². The Morgan fingerprint density at radius 2 is 2.04 bits per heavy atom. The minimum absolute atomic E-state index is 0.226. The molecule has 0 aromatic heterocycles. The average molecular weight is 512 g/mol. The molecular weight excluding hydrogens is 498 g/mol. The number of carbonyl (C=O) groups is 1. The SMILES string of the molecule is COC(=O)Oc1cccc(I)c1COc1cc(Cl)c(C)cc1Br. The van der Waals surface area contributed by atoms with Crippen LogP contribution < -0.4 is 9.47 Å². The standard InChI is InChI=1S/C16H13BrClIO4/c1-9-6-11(17)15(7-12(9)18)22-8-10-13(19)4-3-5-14(10)23-16(20)21-2/h3-7H,8H2,1-2H3. The van der Waals surface area contributed by atoms with Crippen LogP contribution in [0.5, 0.6) is 11.5 Å². The maximum Gasteiger partial charge on any atom is 0.513 e. The number of halogens is 3. The van der Waals surface area contributed by atoms with Crippen LogP contribution in [0.25, 0.3) is 0 Å². The highest BCUT2D eigenvalue weighted by Crippen LogP contribution is 2.33. The topological polar surface area (TPSA) is 44.8 Å². The van der Waals surface area contributed by atoms with Crippen LogP contribution in [0, 0.1) is 10.5 Å². The Morgan fingerprint density at radius 3 is 2.74 bits per heavy atom. The molecule has 7 heteroatoms. The van der Waals surface area contributed by atoms with Crippen LogP contribution in [0.4, 0.5) is 4.79 Å². The molecule has 2 aromatic carbocycles. The maximum atomic E-state index is 11.3. The monoisotopic (exact) mass is 510 g/mol. The number of rotatable bonds is 4. The van der Waals surface area contributed by atoms with Gasteiger partial charge in [-0.15, -0.1) is 0 Å². The van der Waals surface area contributed by atoms with Gasteiger partial charge in [0.1, 0.15) is 18.1 Å². The molecule has 0 heterocycles. The minimum atomic E-state index is -0.771. The summed E-state index contributed by atoms with van der Waals surface area (Å²) in [5, 5.41) is 0.622. The summed E-state index contributed by atoms with van der Waals surface area (Å²) in [6, 6.07) is 9.02. The molecule has 0 spiro atoms. The van der Waals surface area contributed by atoms with Gasteiger partial charge in [0, 0.05) is 20.2 Å². The van der Waals surface area contributed by atoms with Crippen LogP contribution in [0.2, 0.25) is 5.02 Å². The molecule has 0 unspecified atom stereocenters. The molecule has 0 atom stereocenters. The summed E-state index contributed by atoms with van der Waals surface area (Å²) in [4.78, 5) is 11.3. The molecule has 23 heavy (non-hydrogen) atoms. The van der Waals surface area contributed by atoms with E-state index in [1.807, 2.05) is 19.1 Å². The largest absolute Gasteiger partial charge is 0.513 e. The lowest BCUT2D eigenvalue weighted by molar-refractivity contribution is 0.120. The van der Waals surface area contributed by atoms with Crippen molar-refractivity contribution in [2.45, 2.75) is 13.5 Å². The average Bonchev–Trinajstić information content (AvgIpc) is 2.51. The molecule has 0 aliphatic rings. The van der Waals surface area contributed by atoms with Gasteiger partial charge in [-0.05, 0) is 69.2 Å². The van der Waals surface area contributed by atoms with Gasteiger partial charge >= 0.3 is 6.16 Å². The lowest BCUT2D eigenvalue weighted by Gasteiger charge is -2.14. The molecule has 0 radical (unpaired) electrons. The zero-order chi connectivity index (χ0) is 17.0. The third-order valence-electron chi connectivity index (χ3n) is 3.02. The van der Waals surface area contributed by atoms with Gasteiger partial charge in [0.25, 0.3) is 0 Å². The molecule has 0 amide bonds. The van der Waals surface area contributed by atoms with Crippen molar-refractivity contribution >= 4 is 56.3 Å². The fourth-order valence-electron chi connectivity index (χ4n) is 1.79. The van der Waals surface area contributed by atoms with Crippen molar-refractivity contribution in [3.05, 3.63) is 54.5 Å². The lowest BCUT2D eigenvalue weighted by Crippen LogP contribution is -2.10. The fourth-order valence-corrected chi connectivity index (χ4v) is 3.15. The summed E-state index contributed by atoms with van der Waals surface area (Å²) in [5.74, 6) is 1.02. The molecule has 0 saturated carbocycles. The van der Waals surface area contributed by atoms with Crippen molar-refractivity contribution in [3.63, 3.8) is 0 Å². The molecule has 0 aliphatic heterocycles. The summed E-state index contributed by atoms with van der Waals surface area (Å²) in [6.45, 7) is 2.14. The highest BCUT2D eigenvalue weighted by Gasteiger charge is 2.14. The van der Waals surface area contributed by atoms with Crippen molar-refractivity contribution in [2.75, 3.05) is 7.11 Å². The summed E-state index contributed by atoms with van der Waals surface area (Å²) >= 11 is 11.7. The number of carbonyl (C=O) groups excluding carboxylic acids is 1. The van der Waals surface area contributed by atoms with Crippen molar-refractivity contribution in [3.8, 4) is 11.5 Å². The van der Waals surface area contributed by atoms with Crippen LogP contribution in [0.3, 0.4) is 0 Å². The summed E-state index contributed by atoms with van der Waals surface area (Å²) in [5.41, 5.74) is 1.71. The van der Waals surface area contributed by atoms with Crippen molar-refractivity contribution in [1.82, 2.24) is 0 Å². The molecule has 4 nitrogen and oxygen atoms in total. The van der Waals surface area contributed by atoms with Gasteiger partial charge in [-0.25, -0.2) is 4.79 Å². The quantitative estimate of drug-likeness (QED) is 0.298. The number of ether oxygens (including phenoxy) is 3. The molecule has 122 valence electrons. The molecular formula is C16H13BrClIO4. The number of aryl methyl sites for hydroxylation is 1. The van der Waals surface area contributed by atoms with Crippen molar-refractivity contribution in [1.29, 1.82) is 0 Å². The number of methoxy groups -OCH3 is 1. The third-order valence-corrected chi connectivity index (χ3v) is 5.06.